The molecule has 1 aliphatic heterocycles. The van der Waals surface area contributed by atoms with Gasteiger partial charge in [0.1, 0.15) is 0 Å². The standard InChI is InChI=1S/C12H12N2O4/c1-6-7(2)11(16)14(10(6)15)8-4-3-5-13-9(8)12(17)18/h3-7H,1-2H3,(H,17,18). The number of carboxylic acids is 1. The number of imide groups is 1. The van der Waals surface area contributed by atoms with Crippen molar-refractivity contribution in [3.8, 4) is 0 Å². The molecule has 1 aromatic heterocycles. The number of anilines is 1. The van der Waals surface area contributed by atoms with Crippen molar-refractivity contribution < 1.29 is 19.5 Å². The topological polar surface area (TPSA) is 87.6 Å². The van der Waals surface area contributed by atoms with Gasteiger partial charge >= 0.3 is 5.97 Å². The molecule has 94 valence electrons. The van der Waals surface area contributed by atoms with Gasteiger partial charge in [-0.3, -0.25) is 9.59 Å². The maximum atomic E-state index is 12.0. The normalized spacial score (nSPS) is 23.6. The number of aromatic carboxylic acids is 1. The molecule has 18 heavy (non-hydrogen) atoms. The minimum Gasteiger partial charge on any atom is -0.476 e. The van der Waals surface area contributed by atoms with Crippen LogP contribution in [0.3, 0.4) is 0 Å². The number of hydrogen-bond donors (Lipinski definition) is 1. The van der Waals surface area contributed by atoms with Crippen molar-refractivity contribution in [2.24, 2.45) is 11.8 Å². The molecule has 2 atom stereocenters. The Morgan fingerprint density at radius 2 is 1.83 bits per heavy atom. The van der Waals surface area contributed by atoms with Crippen molar-refractivity contribution in [1.29, 1.82) is 0 Å². The first-order chi connectivity index (χ1) is 8.45. The van der Waals surface area contributed by atoms with Gasteiger partial charge in [0.25, 0.3) is 0 Å². The quantitative estimate of drug-likeness (QED) is 0.786. The van der Waals surface area contributed by atoms with Crippen LogP contribution in [0.1, 0.15) is 24.3 Å². The number of hydrogen-bond acceptors (Lipinski definition) is 4. The van der Waals surface area contributed by atoms with Gasteiger partial charge in [-0.2, -0.15) is 0 Å². The van der Waals surface area contributed by atoms with Crippen molar-refractivity contribution in [3.05, 3.63) is 24.0 Å². The van der Waals surface area contributed by atoms with Gasteiger partial charge in [-0.05, 0) is 12.1 Å². The Bertz CT molecular complexity index is 521. The molecule has 6 nitrogen and oxygen atoms in total. The number of carbonyl (C=O) groups is 3. The summed E-state index contributed by atoms with van der Waals surface area (Å²) < 4.78 is 0. The molecule has 2 unspecified atom stereocenters. The zero-order valence-corrected chi connectivity index (χ0v) is 9.95. The number of pyridine rings is 1. The Balaban J connectivity index is 2.53. The molecular weight excluding hydrogens is 236 g/mol. The molecule has 0 aromatic carbocycles. The smallest absolute Gasteiger partial charge is 0.356 e. The lowest BCUT2D eigenvalue weighted by molar-refractivity contribution is -0.122. The van der Waals surface area contributed by atoms with Crippen molar-refractivity contribution in [3.63, 3.8) is 0 Å². The van der Waals surface area contributed by atoms with E-state index in [4.69, 9.17) is 5.11 Å². The van der Waals surface area contributed by atoms with Gasteiger partial charge in [-0.1, -0.05) is 13.8 Å². The van der Waals surface area contributed by atoms with Crippen molar-refractivity contribution in [1.82, 2.24) is 4.98 Å². The molecule has 1 aromatic rings. The fourth-order valence-corrected chi connectivity index (χ4v) is 1.92. The predicted octanol–water partition coefficient (Wildman–Crippen LogP) is 0.925. The van der Waals surface area contributed by atoms with Gasteiger partial charge in [0.05, 0.1) is 5.69 Å². The number of rotatable bonds is 2. The molecule has 1 N–H and O–H groups in total. The minimum absolute atomic E-state index is 0.0381. The molecule has 1 fully saturated rings. The molecular formula is C12H12N2O4. The summed E-state index contributed by atoms with van der Waals surface area (Å²) in [5.74, 6) is -2.93. The van der Waals surface area contributed by atoms with E-state index in [1.807, 2.05) is 0 Å². The van der Waals surface area contributed by atoms with E-state index in [2.05, 4.69) is 4.98 Å². The predicted molar refractivity (Wildman–Crippen MR) is 62.0 cm³/mol. The number of carboxylic acid groups (broad SMARTS) is 1. The Morgan fingerprint density at radius 1 is 1.28 bits per heavy atom. The molecule has 1 aliphatic rings. The second-order valence-corrected chi connectivity index (χ2v) is 4.27. The third kappa shape index (κ3) is 1.66. The summed E-state index contributed by atoms with van der Waals surface area (Å²) in [5, 5.41) is 9.02. The number of carbonyl (C=O) groups excluding carboxylic acids is 2. The molecule has 2 amide bonds. The summed E-state index contributed by atoms with van der Waals surface area (Å²) in [4.78, 5) is 39.6. The van der Waals surface area contributed by atoms with E-state index in [0.29, 0.717) is 0 Å². The second-order valence-electron chi connectivity index (χ2n) is 4.27. The molecule has 2 rings (SSSR count). The van der Waals surface area contributed by atoms with Crippen LogP contribution in [-0.2, 0) is 9.59 Å². The zero-order valence-electron chi connectivity index (χ0n) is 9.95. The minimum atomic E-state index is -1.27. The first-order valence-corrected chi connectivity index (χ1v) is 5.51. The van der Waals surface area contributed by atoms with Crippen LogP contribution in [0.5, 0.6) is 0 Å². The van der Waals surface area contributed by atoms with E-state index in [1.165, 1.54) is 18.3 Å². The number of aromatic nitrogens is 1. The van der Waals surface area contributed by atoms with Crippen LogP contribution in [0, 0.1) is 11.8 Å². The highest BCUT2D eigenvalue weighted by Gasteiger charge is 2.44. The summed E-state index contributed by atoms with van der Waals surface area (Å²) in [6.45, 7) is 3.31. The summed E-state index contributed by atoms with van der Waals surface area (Å²) in [5.41, 5.74) is -0.253. The van der Waals surface area contributed by atoms with E-state index in [0.717, 1.165) is 4.90 Å². The third-order valence-electron chi connectivity index (χ3n) is 3.20. The van der Waals surface area contributed by atoms with Crippen LogP contribution >= 0.6 is 0 Å². The van der Waals surface area contributed by atoms with Crippen LogP contribution in [-0.4, -0.2) is 27.9 Å². The average molecular weight is 248 g/mol. The van der Waals surface area contributed by atoms with Gasteiger partial charge in [0.2, 0.25) is 11.8 Å². The Morgan fingerprint density at radius 3 is 2.33 bits per heavy atom. The summed E-state index contributed by atoms with van der Waals surface area (Å²) in [6.07, 6.45) is 1.31. The van der Waals surface area contributed by atoms with Gasteiger partial charge in [0.15, 0.2) is 5.69 Å². The van der Waals surface area contributed by atoms with E-state index in [1.54, 1.807) is 13.8 Å². The van der Waals surface area contributed by atoms with E-state index in [-0.39, 0.29) is 23.2 Å². The van der Waals surface area contributed by atoms with E-state index >= 15 is 0 Å². The monoisotopic (exact) mass is 248 g/mol. The van der Waals surface area contributed by atoms with Gasteiger partial charge in [0, 0.05) is 18.0 Å². The maximum Gasteiger partial charge on any atom is 0.356 e. The molecule has 0 bridgehead atoms. The van der Waals surface area contributed by atoms with Crippen LogP contribution < -0.4 is 4.90 Å². The van der Waals surface area contributed by atoms with E-state index in [9.17, 15) is 14.4 Å². The van der Waals surface area contributed by atoms with Crippen LogP contribution in [0.2, 0.25) is 0 Å². The van der Waals surface area contributed by atoms with Crippen LogP contribution in [0.15, 0.2) is 18.3 Å². The van der Waals surface area contributed by atoms with Gasteiger partial charge < -0.3 is 5.11 Å². The highest BCUT2D eigenvalue weighted by molar-refractivity contribution is 6.23. The second kappa shape index (κ2) is 4.21. The first kappa shape index (κ1) is 12.2. The fourth-order valence-electron chi connectivity index (χ4n) is 1.92. The molecule has 0 radical (unpaired) electrons. The molecule has 0 saturated carbocycles. The van der Waals surface area contributed by atoms with Gasteiger partial charge in [-0.15, -0.1) is 0 Å². The van der Waals surface area contributed by atoms with Crippen molar-refractivity contribution in [2.45, 2.75) is 13.8 Å². The Hall–Kier alpha value is -2.24. The lowest BCUT2D eigenvalue weighted by Crippen LogP contribution is -2.32. The van der Waals surface area contributed by atoms with Crippen LogP contribution in [0.25, 0.3) is 0 Å². The molecule has 0 spiro atoms. The Kier molecular flexibility index (Phi) is 2.86. The highest BCUT2D eigenvalue weighted by atomic mass is 16.4. The molecule has 2 heterocycles. The summed E-state index contributed by atoms with van der Waals surface area (Å²) in [6, 6.07) is 2.91. The largest absolute Gasteiger partial charge is 0.476 e. The third-order valence-corrected chi connectivity index (χ3v) is 3.20. The highest BCUT2D eigenvalue weighted by Crippen LogP contribution is 2.31. The lowest BCUT2D eigenvalue weighted by Gasteiger charge is -2.15. The molecule has 0 aliphatic carbocycles. The van der Waals surface area contributed by atoms with Crippen molar-refractivity contribution in [2.75, 3.05) is 4.90 Å². The summed E-state index contributed by atoms with van der Waals surface area (Å²) in [7, 11) is 0. The number of nitrogens with zero attached hydrogens (tertiary/aromatic N) is 2. The Labute approximate surface area is 103 Å². The first-order valence-electron chi connectivity index (χ1n) is 5.51. The number of amides is 2. The molecule has 6 heteroatoms. The summed E-state index contributed by atoms with van der Waals surface area (Å²) >= 11 is 0. The van der Waals surface area contributed by atoms with E-state index < -0.39 is 17.8 Å². The molecule has 1 saturated heterocycles. The zero-order chi connectivity index (χ0) is 13.4. The lowest BCUT2D eigenvalue weighted by atomic mass is 10.00. The van der Waals surface area contributed by atoms with Crippen LogP contribution in [0.4, 0.5) is 5.69 Å². The fraction of sp³-hybridized carbons (Fsp3) is 0.333. The maximum absolute atomic E-state index is 12.0. The SMILES string of the molecule is CC1C(=O)N(c2cccnc2C(=O)O)C(=O)C1C. The average Bonchev–Trinajstić information content (AvgIpc) is 2.54. The van der Waals surface area contributed by atoms with Crippen molar-refractivity contribution >= 4 is 23.5 Å². The van der Waals surface area contributed by atoms with Gasteiger partial charge in [-0.25, -0.2) is 14.7 Å².